The smallest absolute Gasteiger partial charge is 0.307 e. The first-order chi connectivity index (χ1) is 16.3. The Hall–Kier alpha value is -3.70. The summed E-state index contributed by atoms with van der Waals surface area (Å²) in [5, 5.41) is 22.9. The second-order valence-electron chi connectivity index (χ2n) is 8.94. The number of rotatable bonds is 7. The molecule has 176 valence electrons. The second-order valence-corrected chi connectivity index (χ2v) is 8.94. The van der Waals surface area contributed by atoms with Crippen molar-refractivity contribution in [3.05, 3.63) is 53.1 Å². The van der Waals surface area contributed by atoms with Crippen LogP contribution in [0.15, 0.2) is 40.9 Å². The highest BCUT2D eigenvalue weighted by Gasteiger charge is 2.20. The normalized spacial score (nSPS) is 14.8. The number of hydrogen-bond acceptors (Lipinski definition) is 7. The summed E-state index contributed by atoms with van der Waals surface area (Å²) >= 11 is 0. The van der Waals surface area contributed by atoms with Crippen molar-refractivity contribution in [2.45, 2.75) is 39.7 Å². The maximum absolute atomic E-state index is 11.2. The number of aromatic nitrogens is 2. The quantitative estimate of drug-likeness (QED) is 0.559. The third-order valence-electron chi connectivity index (χ3n) is 5.95. The van der Waals surface area contributed by atoms with E-state index in [0.29, 0.717) is 35.1 Å². The first-order valence-corrected chi connectivity index (χ1v) is 11.5. The van der Waals surface area contributed by atoms with Gasteiger partial charge in [-0.3, -0.25) is 4.79 Å². The molecule has 0 fully saturated rings. The van der Waals surface area contributed by atoms with Gasteiger partial charge in [-0.15, -0.1) is 0 Å². The van der Waals surface area contributed by atoms with E-state index in [2.05, 4.69) is 33.2 Å². The summed E-state index contributed by atoms with van der Waals surface area (Å²) in [5.74, 6) is 0.201. The van der Waals surface area contributed by atoms with Gasteiger partial charge in [-0.1, -0.05) is 24.2 Å². The minimum atomic E-state index is -0.763. The fourth-order valence-electron chi connectivity index (χ4n) is 4.12. The molecule has 1 atom stereocenters. The van der Waals surface area contributed by atoms with Crippen LogP contribution in [0.2, 0.25) is 0 Å². The average molecular weight is 461 g/mol. The number of nitrogens with zero attached hydrogens (tertiary/aromatic N) is 4. The lowest BCUT2D eigenvalue weighted by Crippen LogP contribution is -2.33. The van der Waals surface area contributed by atoms with Crippen LogP contribution < -0.4 is 4.74 Å². The first kappa shape index (κ1) is 23.5. The molecule has 0 amide bonds. The van der Waals surface area contributed by atoms with Crippen LogP contribution in [0, 0.1) is 17.2 Å². The number of hydrogen-bond donors (Lipinski definition) is 1. The summed E-state index contributed by atoms with van der Waals surface area (Å²) in [4.78, 5) is 18.0. The molecule has 34 heavy (non-hydrogen) atoms. The molecule has 0 saturated heterocycles. The molecule has 1 aliphatic heterocycles. The topological polar surface area (TPSA) is 112 Å². The number of benzene rings is 2. The Balaban J connectivity index is 1.52. The zero-order chi connectivity index (χ0) is 24.2. The molecule has 3 aromatic rings. The predicted molar refractivity (Wildman–Crippen MR) is 126 cm³/mol. The zero-order valence-corrected chi connectivity index (χ0v) is 19.6. The molecule has 4 rings (SSSR count). The maximum Gasteiger partial charge on any atom is 0.307 e. The van der Waals surface area contributed by atoms with Crippen molar-refractivity contribution in [1.29, 1.82) is 5.26 Å². The molecule has 2 aromatic carbocycles. The summed E-state index contributed by atoms with van der Waals surface area (Å²) in [7, 11) is 0. The number of nitriles is 1. The van der Waals surface area contributed by atoms with E-state index >= 15 is 0 Å². The SMILES string of the molecule is CC(C)Oc1ccc(-c2nc(-c3ccc4c(c3)CCN(CC(C)C(=O)O)CC4)no2)cc1C#N. The predicted octanol–water partition coefficient (Wildman–Crippen LogP) is 4.18. The molecule has 0 spiro atoms. The zero-order valence-electron chi connectivity index (χ0n) is 19.6. The van der Waals surface area contributed by atoms with Crippen molar-refractivity contribution in [1.82, 2.24) is 15.0 Å². The van der Waals surface area contributed by atoms with Gasteiger partial charge in [-0.25, -0.2) is 0 Å². The van der Waals surface area contributed by atoms with Gasteiger partial charge in [0.15, 0.2) is 0 Å². The summed E-state index contributed by atoms with van der Waals surface area (Å²) in [6.07, 6.45) is 1.68. The van der Waals surface area contributed by atoms with E-state index < -0.39 is 5.97 Å². The standard InChI is InChI=1S/C26H28N4O4/c1-16(2)33-23-7-6-21(13-22(23)14-27)25-28-24(29-34-25)20-5-4-18-8-10-30(11-9-19(18)12-20)15-17(3)26(31)32/h4-7,12-13,16-17H,8-11,15H2,1-3H3,(H,31,32). The van der Waals surface area contributed by atoms with Gasteiger partial charge in [0.2, 0.25) is 5.82 Å². The van der Waals surface area contributed by atoms with Crippen molar-refractivity contribution >= 4 is 5.97 Å². The van der Waals surface area contributed by atoms with Gasteiger partial charge >= 0.3 is 5.97 Å². The van der Waals surface area contributed by atoms with Crippen LogP contribution in [0.1, 0.15) is 37.5 Å². The van der Waals surface area contributed by atoms with E-state index in [-0.39, 0.29) is 12.0 Å². The van der Waals surface area contributed by atoms with E-state index in [1.165, 1.54) is 11.1 Å². The van der Waals surface area contributed by atoms with E-state index in [1.54, 1.807) is 25.1 Å². The first-order valence-electron chi connectivity index (χ1n) is 11.5. The Morgan fingerprint density at radius 3 is 2.59 bits per heavy atom. The van der Waals surface area contributed by atoms with E-state index in [4.69, 9.17) is 9.26 Å². The Bertz CT molecular complexity index is 1230. The second kappa shape index (κ2) is 10.1. The molecule has 0 bridgehead atoms. The van der Waals surface area contributed by atoms with Gasteiger partial charge in [0, 0.05) is 30.8 Å². The number of carbonyl (C=O) groups is 1. The molecule has 0 saturated carbocycles. The molecule has 1 unspecified atom stereocenters. The third kappa shape index (κ3) is 5.26. The summed E-state index contributed by atoms with van der Waals surface area (Å²) in [6, 6.07) is 13.6. The largest absolute Gasteiger partial charge is 0.490 e. The van der Waals surface area contributed by atoms with Crippen LogP contribution in [-0.2, 0) is 17.6 Å². The van der Waals surface area contributed by atoms with Crippen LogP contribution in [0.4, 0.5) is 0 Å². The molecular formula is C26H28N4O4. The van der Waals surface area contributed by atoms with Crippen LogP contribution >= 0.6 is 0 Å². The molecule has 1 aromatic heterocycles. The Morgan fingerprint density at radius 1 is 1.15 bits per heavy atom. The van der Waals surface area contributed by atoms with Crippen molar-refractivity contribution in [3.8, 4) is 34.7 Å². The fourth-order valence-corrected chi connectivity index (χ4v) is 4.12. The minimum Gasteiger partial charge on any atom is -0.490 e. The van der Waals surface area contributed by atoms with E-state index in [0.717, 1.165) is 31.5 Å². The van der Waals surface area contributed by atoms with E-state index in [9.17, 15) is 15.2 Å². The molecule has 8 heteroatoms. The Morgan fingerprint density at radius 2 is 1.88 bits per heavy atom. The van der Waals surface area contributed by atoms with E-state index in [1.807, 2.05) is 19.9 Å². The average Bonchev–Trinajstić information content (AvgIpc) is 3.22. The lowest BCUT2D eigenvalue weighted by Gasteiger charge is -2.21. The molecule has 2 heterocycles. The van der Waals surface area contributed by atoms with Gasteiger partial charge < -0.3 is 19.3 Å². The Kier molecular flexibility index (Phi) is 6.94. The highest BCUT2D eigenvalue weighted by Crippen LogP contribution is 2.29. The summed E-state index contributed by atoms with van der Waals surface area (Å²) in [6.45, 7) is 7.77. The van der Waals surface area contributed by atoms with Crippen molar-refractivity contribution in [2.24, 2.45) is 5.92 Å². The molecule has 1 N–H and O–H groups in total. The van der Waals surface area contributed by atoms with Gasteiger partial charge in [-0.2, -0.15) is 10.2 Å². The highest BCUT2D eigenvalue weighted by molar-refractivity contribution is 5.69. The number of aliphatic carboxylic acids is 1. The summed E-state index contributed by atoms with van der Waals surface area (Å²) in [5.41, 5.74) is 4.41. The van der Waals surface area contributed by atoms with Crippen molar-refractivity contribution < 1.29 is 19.2 Å². The highest BCUT2D eigenvalue weighted by atomic mass is 16.5. The number of fused-ring (bicyclic) bond motifs is 1. The molecule has 0 aliphatic carbocycles. The van der Waals surface area contributed by atoms with Crippen molar-refractivity contribution in [3.63, 3.8) is 0 Å². The molecule has 0 radical (unpaired) electrons. The molecule has 1 aliphatic rings. The van der Waals surface area contributed by atoms with Crippen molar-refractivity contribution in [2.75, 3.05) is 19.6 Å². The van der Waals surface area contributed by atoms with Crippen LogP contribution in [0.25, 0.3) is 22.8 Å². The van der Waals surface area contributed by atoms with Gasteiger partial charge in [0.25, 0.3) is 5.89 Å². The number of carboxylic acids is 1. The lowest BCUT2D eigenvalue weighted by molar-refractivity contribution is -0.141. The minimum absolute atomic E-state index is 0.0335. The molecule has 8 nitrogen and oxygen atoms in total. The molecular weight excluding hydrogens is 432 g/mol. The van der Waals surface area contributed by atoms with Crippen LogP contribution in [0.3, 0.4) is 0 Å². The maximum atomic E-state index is 11.2. The summed E-state index contributed by atoms with van der Waals surface area (Å²) < 4.78 is 11.2. The van der Waals surface area contributed by atoms with Crippen LogP contribution in [0.5, 0.6) is 5.75 Å². The van der Waals surface area contributed by atoms with Gasteiger partial charge in [0.05, 0.1) is 17.6 Å². The van der Waals surface area contributed by atoms with Gasteiger partial charge in [-0.05, 0) is 62.1 Å². The monoisotopic (exact) mass is 460 g/mol. The van der Waals surface area contributed by atoms with Crippen LogP contribution in [-0.4, -0.2) is 51.9 Å². The Labute approximate surface area is 198 Å². The van der Waals surface area contributed by atoms with Gasteiger partial charge in [0.1, 0.15) is 11.8 Å². The lowest BCUT2D eigenvalue weighted by atomic mass is 10.00. The number of ether oxygens (including phenoxy) is 1. The third-order valence-corrected chi connectivity index (χ3v) is 5.95. The number of carboxylic acid groups (broad SMARTS) is 1. The fraction of sp³-hybridized carbons (Fsp3) is 0.385.